The van der Waals surface area contributed by atoms with Crippen molar-refractivity contribution in [2.75, 3.05) is 39.9 Å². The molecule has 0 radical (unpaired) electrons. The minimum absolute atomic E-state index is 0.244. The minimum atomic E-state index is 0.244. The molecule has 3 rings (SSSR count). The minimum Gasteiger partial charge on any atom is -0.381 e. The Balaban J connectivity index is 1.54. The molecule has 1 saturated carbocycles. The number of amides is 1. The second kappa shape index (κ2) is 5.30. The Morgan fingerprint density at radius 3 is 2.70 bits per heavy atom. The number of carbonyl (C=O) groups is 1. The van der Waals surface area contributed by atoms with Gasteiger partial charge in [-0.05, 0) is 51.6 Å². The number of piperidine rings is 1. The normalized spacial score (nSPS) is 36.0. The quantitative estimate of drug-likeness (QED) is 0.784. The summed E-state index contributed by atoms with van der Waals surface area (Å²) in [5.74, 6) is 2.03. The van der Waals surface area contributed by atoms with E-state index in [0.717, 1.165) is 39.3 Å². The summed E-state index contributed by atoms with van der Waals surface area (Å²) in [5.41, 5.74) is 0.244. The average Bonchev–Trinajstić information content (AvgIpc) is 3.12. The number of carbonyl (C=O) groups excluding carboxylic acids is 1. The fourth-order valence-corrected chi connectivity index (χ4v) is 3.93. The molecule has 0 bridgehead atoms. The highest BCUT2D eigenvalue weighted by molar-refractivity contribution is 5.82. The molecule has 0 aromatic carbocycles. The lowest BCUT2D eigenvalue weighted by Crippen LogP contribution is -2.72. The van der Waals surface area contributed by atoms with Gasteiger partial charge in [0.05, 0.1) is 5.54 Å². The first-order valence-corrected chi connectivity index (χ1v) is 8.13. The van der Waals surface area contributed by atoms with Gasteiger partial charge in [-0.2, -0.15) is 0 Å². The van der Waals surface area contributed by atoms with Gasteiger partial charge in [-0.25, -0.2) is 0 Å². The Hall–Kier alpha value is -0.610. The van der Waals surface area contributed by atoms with Crippen LogP contribution in [0.1, 0.15) is 33.1 Å². The molecule has 114 valence electrons. The van der Waals surface area contributed by atoms with E-state index in [1.807, 2.05) is 0 Å². The summed E-state index contributed by atoms with van der Waals surface area (Å²) in [6, 6.07) is 0. The fourth-order valence-electron chi connectivity index (χ4n) is 3.93. The van der Waals surface area contributed by atoms with Crippen LogP contribution in [0.25, 0.3) is 0 Å². The van der Waals surface area contributed by atoms with Gasteiger partial charge < -0.3 is 9.64 Å². The molecule has 3 atom stereocenters. The van der Waals surface area contributed by atoms with E-state index in [9.17, 15) is 4.79 Å². The fraction of sp³-hybridized carbons (Fsp3) is 0.938. The molecular formula is C16H28N2O2. The van der Waals surface area contributed by atoms with Crippen LogP contribution in [0.5, 0.6) is 0 Å². The van der Waals surface area contributed by atoms with Crippen molar-refractivity contribution in [2.45, 2.75) is 38.6 Å². The maximum Gasteiger partial charge on any atom is 0.226 e. The summed E-state index contributed by atoms with van der Waals surface area (Å²) >= 11 is 0. The van der Waals surface area contributed by atoms with Crippen LogP contribution in [-0.2, 0) is 9.53 Å². The van der Waals surface area contributed by atoms with Crippen LogP contribution in [0.3, 0.4) is 0 Å². The van der Waals surface area contributed by atoms with Crippen molar-refractivity contribution in [3.63, 3.8) is 0 Å². The first kappa shape index (κ1) is 14.3. The zero-order valence-electron chi connectivity index (χ0n) is 13.1. The standard InChI is InChI=1S/C16H28N2O2/c1-4-20-9-13-5-6-17(3)16(8-13)10-18(11-16)15(19)14-7-12(14)2/h12-14H,4-11H2,1-3H3/t12-,13-,14-/m1/s1. The van der Waals surface area contributed by atoms with Gasteiger partial charge in [-0.1, -0.05) is 6.92 Å². The Morgan fingerprint density at radius 2 is 2.10 bits per heavy atom. The monoisotopic (exact) mass is 280 g/mol. The lowest BCUT2D eigenvalue weighted by Gasteiger charge is -2.58. The highest BCUT2D eigenvalue weighted by atomic mass is 16.5. The summed E-state index contributed by atoms with van der Waals surface area (Å²) in [6.07, 6.45) is 3.52. The van der Waals surface area contributed by atoms with Crippen LogP contribution in [0.4, 0.5) is 0 Å². The molecule has 3 aliphatic rings. The van der Waals surface area contributed by atoms with E-state index in [1.165, 1.54) is 12.8 Å². The van der Waals surface area contributed by atoms with Gasteiger partial charge in [0.15, 0.2) is 0 Å². The van der Waals surface area contributed by atoms with Gasteiger partial charge in [0.1, 0.15) is 0 Å². The summed E-state index contributed by atoms with van der Waals surface area (Å²) in [6.45, 7) is 8.96. The Morgan fingerprint density at radius 1 is 1.40 bits per heavy atom. The maximum atomic E-state index is 12.3. The van der Waals surface area contributed by atoms with Gasteiger partial charge in [-0.3, -0.25) is 9.69 Å². The van der Waals surface area contributed by atoms with Gasteiger partial charge in [0.25, 0.3) is 0 Å². The molecule has 20 heavy (non-hydrogen) atoms. The lowest BCUT2D eigenvalue weighted by molar-refractivity contribution is -0.152. The second-order valence-electron chi connectivity index (χ2n) is 7.18. The number of likely N-dealkylation sites (N-methyl/N-ethyl adjacent to an activating group) is 1. The van der Waals surface area contributed by atoms with E-state index in [2.05, 4.69) is 30.7 Å². The number of ether oxygens (including phenoxy) is 1. The molecule has 4 nitrogen and oxygen atoms in total. The molecule has 0 N–H and O–H groups in total. The summed E-state index contributed by atoms with van der Waals surface area (Å²) in [5, 5.41) is 0. The summed E-state index contributed by atoms with van der Waals surface area (Å²) in [7, 11) is 2.22. The van der Waals surface area contributed by atoms with Crippen molar-refractivity contribution in [1.29, 1.82) is 0 Å². The van der Waals surface area contributed by atoms with Gasteiger partial charge in [-0.15, -0.1) is 0 Å². The molecule has 0 unspecified atom stereocenters. The average molecular weight is 280 g/mol. The zero-order valence-corrected chi connectivity index (χ0v) is 13.1. The lowest BCUT2D eigenvalue weighted by atomic mass is 9.75. The summed E-state index contributed by atoms with van der Waals surface area (Å²) in [4.78, 5) is 16.8. The second-order valence-corrected chi connectivity index (χ2v) is 7.18. The SMILES string of the molecule is CCOC[C@@H]1CCN(C)C2(C1)CN(C(=O)[C@@H]1C[C@H]1C)C2. The van der Waals surface area contributed by atoms with E-state index >= 15 is 0 Å². The van der Waals surface area contributed by atoms with E-state index in [1.54, 1.807) is 0 Å². The smallest absolute Gasteiger partial charge is 0.226 e. The van der Waals surface area contributed by atoms with Crippen molar-refractivity contribution in [3.05, 3.63) is 0 Å². The predicted octanol–water partition coefficient (Wildman–Crippen LogP) is 1.60. The Labute approximate surface area is 122 Å². The van der Waals surface area contributed by atoms with E-state index < -0.39 is 0 Å². The van der Waals surface area contributed by atoms with Crippen molar-refractivity contribution in [2.24, 2.45) is 17.8 Å². The molecule has 1 spiro atoms. The molecular weight excluding hydrogens is 252 g/mol. The largest absolute Gasteiger partial charge is 0.381 e. The van der Waals surface area contributed by atoms with Crippen LogP contribution in [-0.4, -0.2) is 61.1 Å². The van der Waals surface area contributed by atoms with Crippen LogP contribution >= 0.6 is 0 Å². The highest BCUT2D eigenvalue weighted by Crippen LogP contribution is 2.44. The van der Waals surface area contributed by atoms with Crippen molar-refractivity contribution < 1.29 is 9.53 Å². The number of hydrogen-bond donors (Lipinski definition) is 0. The van der Waals surface area contributed by atoms with Crippen LogP contribution in [0, 0.1) is 17.8 Å². The molecule has 1 aliphatic carbocycles. The topological polar surface area (TPSA) is 32.8 Å². The molecule has 2 saturated heterocycles. The van der Waals surface area contributed by atoms with Crippen molar-refractivity contribution in [3.8, 4) is 0 Å². The van der Waals surface area contributed by atoms with Crippen LogP contribution in [0.15, 0.2) is 0 Å². The van der Waals surface area contributed by atoms with Gasteiger partial charge >= 0.3 is 0 Å². The molecule has 3 fully saturated rings. The first-order valence-electron chi connectivity index (χ1n) is 8.13. The third-order valence-electron chi connectivity index (χ3n) is 5.62. The van der Waals surface area contributed by atoms with E-state index in [4.69, 9.17) is 4.74 Å². The molecule has 2 aliphatic heterocycles. The molecule has 2 heterocycles. The molecule has 4 heteroatoms. The van der Waals surface area contributed by atoms with E-state index in [-0.39, 0.29) is 5.54 Å². The zero-order chi connectivity index (χ0) is 14.3. The van der Waals surface area contributed by atoms with Crippen LogP contribution in [0.2, 0.25) is 0 Å². The predicted molar refractivity (Wildman–Crippen MR) is 78.4 cm³/mol. The highest BCUT2D eigenvalue weighted by Gasteiger charge is 2.53. The molecule has 0 aromatic rings. The maximum absolute atomic E-state index is 12.3. The molecule has 1 amide bonds. The third kappa shape index (κ3) is 2.48. The van der Waals surface area contributed by atoms with Crippen molar-refractivity contribution in [1.82, 2.24) is 9.80 Å². The Kier molecular flexibility index (Phi) is 3.80. The molecule has 0 aromatic heterocycles. The number of hydrogen-bond acceptors (Lipinski definition) is 3. The third-order valence-corrected chi connectivity index (χ3v) is 5.62. The van der Waals surface area contributed by atoms with E-state index in [0.29, 0.717) is 23.7 Å². The summed E-state index contributed by atoms with van der Waals surface area (Å²) < 4.78 is 5.61. The number of likely N-dealkylation sites (tertiary alicyclic amines) is 2. The van der Waals surface area contributed by atoms with Gasteiger partial charge in [0.2, 0.25) is 5.91 Å². The number of nitrogens with zero attached hydrogens (tertiary/aromatic N) is 2. The van der Waals surface area contributed by atoms with Crippen LogP contribution < -0.4 is 0 Å². The van der Waals surface area contributed by atoms with Crippen molar-refractivity contribution >= 4 is 5.91 Å². The first-order chi connectivity index (χ1) is 9.55. The Bertz CT molecular complexity index is 377. The number of rotatable bonds is 4. The van der Waals surface area contributed by atoms with Gasteiger partial charge in [0, 0.05) is 32.2 Å².